The topological polar surface area (TPSA) is 122 Å². The zero-order chi connectivity index (χ0) is 28.3. The normalized spacial score (nSPS) is 18.3. The number of aryl methyl sites for hydroxylation is 1. The van der Waals surface area contributed by atoms with Gasteiger partial charge in [-0.25, -0.2) is 44.9 Å². The predicted molar refractivity (Wildman–Crippen MR) is 133 cm³/mol. The summed E-state index contributed by atoms with van der Waals surface area (Å²) in [6.07, 6.45) is -0.973. The van der Waals surface area contributed by atoms with Gasteiger partial charge in [-0.1, -0.05) is 0 Å². The third kappa shape index (κ3) is 4.95. The lowest BCUT2D eigenvalue weighted by molar-refractivity contribution is -0.0541. The molecule has 5 rings (SSSR count). The van der Waals surface area contributed by atoms with E-state index < -0.39 is 47.3 Å². The first-order chi connectivity index (χ1) is 18.3. The number of rotatable bonds is 7. The predicted octanol–water partition coefficient (Wildman–Crippen LogP) is 2.98. The van der Waals surface area contributed by atoms with Crippen molar-refractivity contribution in [1.82, 2.24) is 33.4 Å². The van der Waals surface area contributed by atoms with Gasteiger partial charge >= 0.3 is 0 Å². The molecule has 1 saturated heterocycles. The van der Waals surface area contributed by atoms with Gasteiger partial charge in [0, 0.05) is 13.6 Å². The standard InChI is InChI=1S/C22H24F5N9O2S/c1-11-29-14-5-4-13(30-20(14)35(11)9-16(24)25)17-12(23)8-36-18(17)19(28-2)32-21(33-36)31-15-6-7-34(39(3,37)38)10-22(15,26)27/h4-5,8,15-16H,6-7,9-10H2,1-3H3,(H2,28,31,32,33)/t15-/m1/s1. The second-order valence-corrected chi connectivity index (χ2v) is 11.2. The van der Waals surface area contributed by atoms with E-state index in [1.54, 1.807) is 6.92 Å². The molecule has 0 unspecified atom stereocenters. The number of halogens is 5. The van der Waals surface area contributed by atoms with Crippen molar-refractivity contribution >= 4 is 38.5 Å². The van der Waals surface area contributed by atoms with Crippen LogP contribution in [0, 0.1) is 12.7 Å². The number of sulfonamides is 1. The molecule has 0 bridgehead atoms. The number of hydrogen-bond acceptors (Lipinski definition) is 8. The maximum Gasteiger partial charge on any atom is 0.281 e. The van der Waals surface area contributed by atoms with E-state index in [9.17, 15) is 26.0 Å². The minimum atomic E-state index is -3.79. The summed E-state index contributed by atoms with van der Waals surface area (Å²) in [6.45, 7) is -0.187. The van der Waals surface area contributed by atoms with Gasteiger partial charge in [-0.2, -0.15) is 9.29 Å². The Morgan fingerprint density at radius 1 is 1.21 bits per heavy atom. The summed E-state index contributed by atoms with van der Waals surface area (Å²) in [5, 5.41) is 9.50. The highest BCUT2D eigenvalue weighted by Crippen LogP contribution is 2.35. The summed E-state index contributed by atoms with van der Waals surface area (Å²) in [4.78, 5) is 12.9. The van der Waals surface area contributed by atoms with Gasteiger partial charge in [0.25, 0.3) is 12.3 Å². The average molecular weight is 574 g/mol. The van der Waals surface area contributed by atoms with Crippen molar-refractivity contribution < 1.29 is 30.4 Å². The number of pyridine rings is 1. The van der Waals surface area contributed by atoms with Gasteiger partial charge in [0.1, 0.15) is 16.9 Å². The average Bonchev–Trinajstić information content (AvgIpc) is 3.33. The van der Waals surface area contributed by atoms with E-state index in [0.29, 0.717) is 15.6 Å². The third-order valence-corrected chi connectivity index (χ3v) is 7.77. The van der Waals surface area contributed by atoms with E-state index in [1.807, 2.05) is 0 Å². The van der Waals surface area contributed by atoms with Gasteiger partial charge in [0.15, 0.2) is 17.3 Å². The van der Waals surface area contributed by atoms with E-state index in [1.165, 1.54) is 23.7 Å². The summed E-state index contributed by atoms with van der Waals surface area (Å²) < 4.78 is 97.6. The molecule has 0 spiro atoms. The number of aromatic nitrogens is 6. The SMILES string of the molecule is CNc1nc(N[C@@H]2CCN(S(C)(=O)=O)CC2(F)F)nn2cc(F)c(-c3ccc4nc(C)n(CC(F)F)c4n3)c12. The van der Waals surface area contributed by atoms with E-state index >= 15 is 4.39 Å². The molecule has 4 aromatic heterocycles. The Morgan fingerprint density at radius 3 is 2.59 bits per heavy atom. The molecule has 0 saturated carbocycles. The summed E-state index contributed by atoms with van der Waals surface area (Å²) in [5.41, 5.74) is 0.736. The highest BCUT2D eigenvalue weighted by molar-refractivity contribution is 7.88. The summed E-state index contributed by atoms with van der Waals surface area (Å²) in [5.74, 6) is -4.01. The molecule has 17 heteroatoms. The second kappa shape index (κ2) is 9.55. The van der Waals surface area contributed by atoms with Crippen LogP contribution in [0.25, 0.3) is 27.9 Å². The van der Waals surface area contributed by atoms with Gasteiger partial charge in [-0.05, 0) is 25.5 Å². The molecule has 5 heterocycles. The summed E-state index contributed by atoms with van der Waals surface area (Å²) in [6, 6.07) is 1.55. The van der Waals surface area contributed by atoms with E-state index in [-0.39, 0.29) is 47.2 Å². The number of hydrogen-bond donors (Lipinski definition) is 2. The smallest absolute Gasteiger partial charge is 0.281 e. The molecule has 39 heavy (non-hydrogen) atoms. The Labute approximate surface area is 219 Å². The Bertz CT molecular complexity index is 1670. The van der Waals surface area contributed by atoms with Crippen molar-refractivity contribution in [2.75, 3.05) is 37.0 Å². The quantitative estimate of drug-likeness (QED) is 0.324. The highest BCUT2D eigenvalue weighted by atomic mass is 32.2. The molecule has 0 aromatic carbocycles. The number of nitrogens with zero attached hydrogens (tertiary/aromatic N) is 7. The molecule has 4 aromatic rings. The first-order valence-corrected chi connectivity index (χ1v) is 13.6. The molecular weight excluding hydrogens is 549 g/mol. The van der Waals surface area contributed by atoms with Gasteiger partial charge in [0.2, 0.25) is 16.0 Å². The number of nitrogens with one attached hydrogen (secondary N) is 2. The fourth-order valence-electron chi connectivity index (χ4n) is 4.67. The number of fused-ring (bicyclic) bond motifs is 2. The molecule has 210 valence electrons. The number of alkyl halides is 4. The van der Waals surface area contributed by atoms with Crippen LogP contribution in [0.1, 0.15) is 12.2 Å². The number of piperidine rings is 1. The van der Waals surface area contributed by atoms with Crippen LogP contribution in [-0.4, -0.2) is 86.6 Å². The van der Waals surface area contributed by atoms with Crippen LogP contribution >= 0.6 is 0 Å². The molecule has 1 atom stereocenters. The van der Waals surface area contributed by atoms with Crippen molar-refractivity contribution in [3.63, 3.8) is 0 Å². The lowest BCUT2D eigenvalue weighted by Gasteiger charge is -2.37. The van der Waals surface area contributed by atoms with Crippen LogP contribution in [0.5, 0.6) is 0 Å². The molecular formula is C22H24F5N9O2S. The molecule has 0 aliphatic carbocycles. The Balaban J connectivity index is 1.53. The van der Waals surface area contributed by atoms with Crippen LogP contribution in [0.4, 0.5) is 33.7 Å². The summed E-state index contributed by atoms with van der Waals surface area (Å²) >= 11 is 0. The third-order valence-electron chi connectivity index (χ3n) is 6.52. The zero-order valence-electron chi connectivity index (χ0n) is 21.0. The lowest BCUT2D eigenvalue weighted by Crippen LogP contribution is -2.55. The molecule has 1 aliphatic rings. The fourth-order valence-corrected chi connectivity index (χ4v) is 5.51. The molecule has 11 nitrogen and oxygen atoms in total. The van der Waals surface area contributed by atoms with Crippen LogP contribution < -0.4 is 10.6 Å². The van der Waals surface area contributed by atoms with Gasteiger partial charge in [0.05, 0.1) is 42.8 Å². The van der Waals surface area contributed by atoms with E-state index in [0.717, 1.165) is 17.0 Å². The van der Waals surface area contributed by atoms with Crippen LogP contribution in [0.15, 0.2) is 18.3 Å². The molecule has 1 fully saturated rings. The maximum atomic E-state index is 15.3. The Hall–Kier alpha value is -3.60. The molecule has 1 aliphatic heterocycles. The second-order valence-electron chi connectivity index (χ2n) is 9.22. The van der Waals surface area contributed by atoms with Gasteiger partial charge < -0.3 is 15.2 Å². The van der Waals surface area contributed by atoms with Crippen LogP contribution in [0.3, 0.4) is 0 Å². The van der Waals surface area contributed by atoms with E-state index in [2.05, 4.69) is 30.7 Å². The minimum Gasteiger partial charge on any atom is -0.371 e. The molecule has 0 amide bonds. The van der Waals surface area contributed by atoms with Crippen molar-refractivity contribution in [3.05, 3.63) is 30.0 Å². The number of anilines is 2. The Kier molecular flexibility index (Phi) is 6.61. The van der Waals surface area contributed by atoms with Gasteiger partial charge in [-0.3, -0.25) is 0 Å². The fraction of sp³-hybridized carbons (Fsp3) is 0.455. The minimum absolute atomic E-state index is 0.0259. The van der Waals surface area contributed by atoms with Crippen molar-refractivity contribution in [3.8, 4) is 11.3 Å². The first kappa shape index (κ1) is 27.0. The number of imidazole rings is 1. The van der Waals surface area contributed by atoms with Gasteiger partial charge in [-0.15, -0.1) is 5.10 Å². The zero-order valence-corrected chi connectivity index (χ0v) is 21.8. The monoisotopic (exact) mass is 573 g/mol. The van der Waals surface area contributed by atoms with E-state index in [4.69, 9.17) is 0 Å². The summed E-state index contributed by atoms with van der Waals surface area (Å²) in [7, 11) is -2.29. The highest BCUT2D eigenvalue weighted by Gasteiger charge is 2.47. The molecule has 0 radical (unpaired) electrons. The lowest BCUT2D eigenvalue weighted by atomic mass is 10.0. The first-order valence-electron chi connectivity index (χ1n) is 11.8. The van der Waals surface area contributed by atoms with Crippen molar-refractivity contribution in [2.45, 2.75) is 38.3 Å². The van der Waals surface area contributed by atoms with Crippen molar-refractivity contribution in [1.29, 1.82) is 0 Å². The van der Waals surface area contributed by atoms with Crippen molar-refractivity contribution in [2.24, 2.45) is 0 Å². The Morgan fingerprint density at radius 2 is 1.95 bits per heavy atom. The largest absolute Gasteiger partial charge is 0.371 e. The molecule has 2 N–H and O–H groups in total. The maximum absolute atomic E-state index is 15.3. The van der Waals surface area contributed by atoms with Crippen LogP contribution in [-0.2, 0) is 16.6 Å². The van der Waals surface area contributed by atoms with Crippen LogP contribution in [0.2, 0.25) is 0 Å².